The Labute approximate surface area is 120 Å². The van der Waals surface area contributed by atoms with Gasteiger partial charge in [-0.2, -0.15) is 0 Å². The maximum Gasteiger partial charge on any atom is 0.144 e. The van der Waals surface area contributed by atoms with Crippen molar-refractivity contribution in [2.45, 2.75) is 19.4 Å². The van der Waals surface area contributed by atoms with E-state index in [1.165, 1.54) is 12.1 Å². The number of ether oxygens (including phenoxy) is 1. The van der Waals surface area contributed by atoms with Gasteiger partial charge in [0.1, 0.15) is 17.3 Å². The highest BCUT2D eigenvalue weighted by Gasteiger charge is 2.06. The summed E-state index contributed by atoms with van der Waals surface area (Å²) >= 11 is 3.34. The predicted octanol–water partition coefficient (Wildman–Crippen LogP) is 4.27. The van der Waals surface area contributed by atoms with Crippen molar-refractivity contribution in [3.05, 3.63) is 58.3 Å². The van der Waals surface area contributed by atoms with Crippen molar-refractivity contribution in [3.63, 3.8) is 0 Å². The van der Waals surface area contributed by atoms with E-state index >= 15 is 0 Å². The molecule has 2 N–H and O–H groups in total. The SMILES string of the molecule is CC(N)Cc1cccc(Oc2cc(F)ccc2Br)c1. The quantitative estimate of drug-likeness (QED) is 0.911. The molecule has 1 unspecified atom stereocenters. The molecule has 0 radical (unpaired) electrons. The van der Waals surface area contributed by atoms with Crippen LogP contribution in [-0.4, -0.2) is 6.04 Å². The second-order valence-electron chi connectivity index (χ2n) is 4.51. The lowest BCUT2D eigenvalue weighted by Crippen LogP contribution is -2.17. The number of benzene rings is 2. The van der Waals surface area contributed by atoms with E-state index in [1.807, 2.05) is 31.2 Å². The first-order valence-corrected chi connectivity index (χ1v) is 6.81. The van der Waals surface area contributed by atoms with Gasteiger partial charge in [0.05, 0.1) is 4.47 Å². The fourth-order valence-corrected chi connectivity index (χ4v) is 2.12. The van der Waals surface area contributed by atoms with Gasteiger partial charge in [0.2, 0.25) is 0 Å². The minimum Gasteiger partial charge on any atom is -0.456 e. The lowest BCUT2D eigenvalue weighted by atomic mass is 10.1. The highest BCUT2D eigenvalue weighted by Crippen LogP contribution is 2.30. The molecule has 2 aromatic carbocycles. The zero-order valence-corrected chi connectivity index (χ0v) is 12.2. The zero-order valence-electron chi connectivity index (χ0n) is 10.6. The number of hydrogen-bond donors (Lipinski definition) is 1. The fraction of sp³-hybridized carbons (Fsp3) is 0.200. The Morgan fingerprint density at radius 3 is 2.79 bits per heavy atom. The van der Waals surface area contributed by atoms with Crippen LogP contribution < -0.4 is 10.5 Å². The summed E-state index contributed by atoms with van der Waals surface area (Å²) in [6.07, 6.45) is 0.779. The molecule has 2 rings (SSSR count). The maximum absolute atomic E-state index is 13.2. The molecule has 0 aliphatic heterocycles. The van der Waals surface area contributed by atoms with Crippen LogP contribution in [0, 0.1) is 5.82 Å². The summed E-state index contributed by atoms with van der Waals surface area (Å²) in [4.78, 5) is 0. The molecule has 0 fully saturated rings. The van der Waals surface area contributed by atoms with Crippen LogP contribution in [0.25, 0.3) is 0 Å². The van der Waals surface area contributed by atoms with Crippen molar-refractivity contribution in [2.75, 3.05) is 0 Å². The van der Waals surface area contributed by atoms with Crippen LogP contribution in [0.1, 0.15) is 12.5 Å². The lowest BCUT2D eigenvalue weighted by Gasteiger charge is -2.10. The van der Waals surface area contributed by atoms with Crippen LogP contribution in [0.5, 0.6) is 11.5 Å². The van der Waals surface area contributed by atoms with Crippen LogP contribution in [0.15, 0.2) is 46.9 Å². The topological polar surface area (TPSA) is 35.2 Å². The molecule has 0 saturated heterocycles. The van der Waals surface area contributed by atoms with Gasteiger partial charge in [0.25, 0.3) is 0 Å². The van der Waals surface area contributed by atoms with E-state index in [9.17, 15) is 4.39 Å². The first-order valence-electron chi connectivity index (χ1n) is 6.02. The summed E-state index contributed by atoms with van der Waals surface area (Å²) in [6.45, 7) is 1.96. The Morgan fingerprint density at radius 2 is 2.05 bits per heavy atom. The summed E-state index contributed by atoms with van der Waals surface area (Å²) in [5, 5.41) is 0. The van der Waals surface area contributed by atoms with Gasteiger partial charge in [-0.1, -0.05) is 12.1 Å². The molecule has 0 aliphatic carbocycles. The third-order valence-corrected chi connectivity index (χ3v) is 3.23. The van der Waals surface area contributed by atoms with Gasteiger partial charge in [0.15, 0.2) is 0 Å². The average Bonchev–Trinajstić information content (AvgIpc) is 2.33. The van der Waals surface area contributed by atoms with Crippen LogP contribution >= 0.6 is 15.9 Å². The standard InChI is InChI=1S/C15H15BrFNO/c1-10(18)7-11-3-2-4-13(8-11)19-15-9-12(17)5-6-14(15)16/h2-6,8-10H,7,18H2,1H3. The average molecular weight is 324 g/mol. The first-order chi connectivity index (χ1) is 9.04. The van der Waals surface area contributed by atoms with E-state index in [0.717, 1.165) is 12.0 Å². The number of rotatable bonds is 4. The molecule has 0 heterocycles. The van der Waals surface area contributed by atoms with E-state index in [2.05, 4.69) is 15.9 Å². The molecule has 2 nitrogen and oxygen atoms in total. The molecular formula is C15H15BrFNO. The molecule has 1 atom stereocenters. The number of hydrogen-bond acceptors (Lipinski definition) is 2. The Bertz CT molecular complexity index is 572. The van der Waals surface area contributed by atoms with Gasteiger partial charge in [0, 0.05) is 12.1 Å². The normalized spacial score (nSPS) is 12.2. The summed E-state index contributed by atoms with van der Waals surface area (Å²) < 4.78 is 19.6. The van der Waals surface area contributed by atoms with E-state index < -0.39 is 0 Å². The molecule has 0 spiro atoms. The van der Waals surface area contributed by atoms with Gasteiger partial charge in [-0.15, -0.1) is 0 Å². The molecule has 0 amide bonds. The van der Waals surface area contributed by atoms with Gasteiger partial charge >= 0.3 is 0 Å². The molecule has 0 bridgehead atoms. The lowest BCUT2D eigenvalue weighted by molar-refractivity contribution is 0.473. The van der Waals surface area contributed by atoms with Crippen LogP contribution in [0.3, 0.4) is 0 Å². The smallest absolute Gasteiger partial charge is 0.144 e. The van der Waals surface area contributed by atoms with E-state index in [4.69, 9.17) is 10.5 Å². The Kier molecular flexibility index (Phi) is 4.56. The summed E-state index contributed by atoms with van der Waals surface area (Å²) in [5.74, 6) is 0.798. The molecule has 2 aromatic rings. The minimum absolute atomic E-state index is 0.0937. The summed E-state index contributed by atoms with van der Waals surface area (Å²) in [5.41, 5.74) is 6.87. The highest BCUT2D eigenvalue weighted by atomic mass is 79.9. The van der Waals surface area contributed by atoms with Crippen molar-refractivity contribution < 1.29 is 9.13 Å². The zero-order chi connectivity index (χ0) is 13.8. The van der Waals surface area contributed by atoms with Crippen molar-refractivity contribution in [3.8, 4) is 11.5 Å². The van der Waals surface area contributed by atoms with Crippen LogP contribution in [-0.2, 0) is 6.42 Å². The van der Waals surface area contributed by atoms with Crippen molar-refractivity contribution in [1.82, 2.24) is 0 Å². The monoisotopic (exact) mass is 323 g/mol. The van der Waals surface area contributed by atoms with Crippen LogP contribution in [0.2, 0.25) is 0 Å². The molecule has 0 aliphatic rings. The number of nitrogens with two attached hydrogens (primary N) is 1. The Morgan fingerprint density at radius 1 is 1.26 bits per heavy atom. The molecule has 19 heavy (non-hydrogen) atoms. The Hall–Kier alpha value is -1.39. The molecular weight excluding hydrogens is 309 g/mol. The van der Waals surface area contributed by atoms with Crippen molar-refractivity contribution in [2.24, 2.45) is 5.73 Å². The summed E-state index contributed by atoms with van der Waals surface area (Å²) in [6, 6.07) is 12.1. The van der Waals surface area contributed by atoms with E-state index in [0.29, 0.717) is 16.0 Å². The highest BCUT2D eigenvalue weighted by molar-refractivity contribution is 9.10. The van der Waals surface area contributed by atoms with Crippen LogP contribution in [0.4, 0.5) is 4.39 Å². The van der Waals surface area contributed by atoms with Crippen molar-refractivity contribution >= 4 is 15.9 Å². The summed E-state index contributed by atoms with van der Waals surface area (Å²) in [7, 11) is 0. The minimum atomic E-state index is -0.329. The maximum atomic E-state index is 13.2. The second-order valence-corrected chi connectivity index (χ2v) is 5.36. The first kappa shape index (κ1) is 14.0. The molecule has 0 saturated carbocycles. The van der Waals surface area contributed by atoms with E-state index in [1.54, 1.807) is 6.07 Å². The third-order valence-electron chi connectivity index (χ3n) is 2.58. The number of halogens is 2. The van der Waals surface area contributed by atoms with Gasteiger partial charge in [-0.25, -0.2) is 4.39 Å². The molecule has 4 heteroatoms. The largest absolute Gasteiger partial charge is 0.456 e. The second kappa shape index (κ2) is 6.17. The van der Waals surface area contributed by atoms with Gasteiger partial charge in [-0.05, 0) is 59.1 Å². The Balaban J connectivity index is 2.21. The molecule has 100 valence electrons. The van der Waals surface area contributed by atoms with Gasteiger partial charge in [-0.3, -0.25) is 0 Å². The third kappa shape index (κ3) is 4.04. The molecule has 0 aromatic heterocycles. The predicted molar refractivity (Wildman–Crippen MR) is 78.0 cm³/mol. The van der Waals surface area contributed by atoms with E-state index in [-0.39, 0.29) is 11.9 Å². The van der Waals surface area contributed by atoms with Gasteiger partial charge < -0.3 is 10.5 Å². The van der Waals surface area contributed by atoms with Crippen molar-refractivity contribution in [1.29, 1.82) is 0 Å². The fourth-order valence-electron chi connectivity index (χ4n) is 1.79.